The Morgan fingerprint density at radius 3 is 2.59 bits per heavy atom. The molecule has 0 radical (unpaired) electrons. The molecular weight excluding hydrogens is 216 g/mol. The van der Waals surface area contributed by atoms with E-state index < -0.39 is 11.5 Å². The lowest BCUT2D eigenvalue weighted by Gasteiger charge is -2.32. The van der Waals surface area contributed by atoms with Crippen LogP contribution in [0.15, 0.2) is 0 Å². The van der Waals surface area contributed by atoms with E-state index in [4.69, 9.17) is 0 Å². The summed E-state index contributed by atoms with van der Waals surface area (Å²) in [5, 5.41) is 12.3. The summed E-state index contributed by atoms with van der Waals surface area (Å²) >= 11 is 0. The Morgan fingerprint density at radius 1 is 1.53 bits per heavy atom. The van der Waals surface area contributed by atoms with E-state index >= 15 is 0 Å². The van der Waals surface area contributed by atoms with Gasteiger partial charge in [-0.3, -0.25) is 4.79 Å². The molecule has 0 aromatic heterocycles. The predicted molar refractivity (Wildman–Crippen MR) is 69.2 cm³/mol. The molecule has 0 aromatic rings. The van der Waals surface area contributed by atoms with Crippen LogP contribution in [0.4, 0.5) is 0 Å². The van der Waals surface area contributed by atoms with E-state index in [2.05, 4.69) is 17.3 Å². The highest BCUT2D eigenvalue weighted by molar-refractivity contribution is 5.78. The van der Waals surface area contributed by atoms with Crippen molar-refractivity contribution in [2.45, 2.75) is 45.1 Å². The van der Waals surface area contributed by atoms with E-state index in [1.807, 2.05) is 6.92 Å². The summed E-state index contributed by atoms with van der Waals surface area (Å²) in [5.74, 6) is 0.0895. The van der Waals surface area contributed by atoms with Crippen LogP contribution in [-0.2, 0) is 4.79 Å². The van der Waals surface area contributed by atoms with Crippen molar-refractivity contribution in [3.05, 3.63) is 0 Å². The van der Waals surface area contributed by atoms with E-state index in [0.717, 1.165) is 19.0 Å². The molecule has 100 valence electrons. The molecule has 0 bridgehead atoms. The monoisotopic (exact) mass is 242 g/mol. The molecule has 0 heterocycles. The largest absolute Gasteiger partial charge is 0.480 e. The second-order valence-corrected chi connectivity index (χ2v) is 5.48. The molecule has 2 N–H and O–H groups in total. The third-order valence-corrected chi connectivity index (χ3v) is 3.83. The Morgan fingerprint density at radius 2 is 2.18 bits per heavy atom. The number of nitrogens with zero attached hydrogens (tertiary/aromatic N) is 1. The molecule has 4 heteroatoms. The number of nitrogens with one attached hydrogen (secondary N) is 1. The fraction of sp³-hybridized carbons (Fsp3) is 0.923. The van der Waals surface area contributed by atoms with E-state index in [1.54, 1.807) is 6.92 Å². The molecule has 0 aliphatic heterocycles. The minimum absolute atomic E-state index is 0.652. The Bertz CT molecular complexity index is 254. The number of hydrogen-bond acceptors (Lipinski definition) is 3. The number of rotatable bonds is 8. The molecule has 1 unspecified atom stereocenters. The molecule has 0 saturated heterocycles. The first-order chi connectivity index (χ1) is 7.98. The first-order valence-electron chi connectivity index (χ1n) is 6.65. The van der Waals surface area contributed by atoms with Crippen molar-refractivity contribution in [3.8, 4) is 0 Å². The highest BCUT2D eigenvalue weighted by atomic mass is 16.4. The molecule has 1 fully saturated rings. The summed E-state index contributed by atoms with van der Waals surface area (Å²) in [7, 11) is 2.09. The van der Waals surface area contributed by atoms with Gasteiger partial charge in [0.1, 0.15) is 5.54 Å². The maximum absolute atomic E-state index is 11.2. The van der Waals surface area contributed by atoms with Crippen molar-refractivity contribution < 1.29 is 9.90 Å². The number of carboxylic acids is 1. The van der Waals surface area contributed by atoms with Crippen LogP contribution in [0, 0.1) is 5.92 Å². The molecule has 0 spiro atoms. The van der Waals surface area contributed by atoms with Gasteiger partial charge in [-0.05, 0) is 45.7 Å². The molecule has 17 heavy (non-hydrogen) atoms. The third kappa shape index (κ3) is 4.28. The number of likely N-dealkylation sites (N-methyl/N-ethyl adjacent to an activating group) is 1. The normalized spacial score (nSPS) is 20.0. The lowest BCUT2D eigenvalue weighted by molar-refractivity contribution is -0.144. The van der Waals surface area contributed by atoms with Gasteiger partial charge in [0.05, 0.1) is 0 Å². The van der Waals surface area contributed by atoms with Crippen molar-refractivity contribution in [3.63, 3.8) is 0 Å². The predicted octanol–water partition coefficient (Wildman–Crippen LogP) is 1.56. The summed E-state index contributed by atoms with van der Waals surface area (Å²) in [4.78, 5) is 13.5. The van der Waals surface area contributed by atoms with Gasteiger partial charge in [-0.1, -0.05) is 13.3 Å². The average molecular weight is 242 g/mol. The van der Waals surface area contributed by atoms with Crippen LogP contribution in [-0.4, -0.2) is 48.2 Å². The van der Waals surface area contributed by atoms with Crippen molar-refractivity contribution >= 4 is 5.97 Å². The highest BCUT2D eigenvalue weighted by Gasteiger charge is 2.32. The van der Waals surface area contributed by atoms with Crippen LogP contribution in [0.3, 0.4) is 0 Å². The number of hydrogen-bond donors (Lipinski definition) is 2. The van der Waals surface area contributed by atoms with Gasteiger partial charge >= 0.3 is 5.97 Å². The topological polar surface area (TPSA) is 52.6 Å². The SMILES string of the molecule is CCNC(C)(CCN(C)CC1CCC1)C(=O)O. The van der Waals surface area contributed by atoms with Gasteiger partial charge in [-0.2, -0.15) is 0 Å². The summed E-state index contributed by atoms with van der Waals surface area (Å²) < 4.78 is 0. The zero-order valence-corrected chi connectivity index (χ0v) is 11.3. The molecule has 1 aliphatic carbocycles. The fourth-order valence-electron chi connectivity index (χ4n) is 2.28. The minimum atomic E-state index is -0.789. The van der Waals surface area contributed by atoms with E-state index in [1.165, 1.54) is 19.3 Å². The summed E-state index contributed by atoms with van der Waals surface area (Å²) in [6.45, 7) is 6.36. The number of carboxylic acid groups (broad SMARTS) is 1. The Labute approximate surface area is 104 Å². The molecule has 1 rings (SSSR count). The first-order valence-corrected chi connectivity index (χ1v) is 6.65. The van der Waals surface area contributed by atoms with Crippen molar-refractivity contribution in [1.29, 1.82) is 0 Å². The summed E-state index contributed by atoms with van der Waals surface area (Å²) in [5.41, 5.74) is -0.789. The van der Waals surface area contributed by atoms with E-state index in [0.29, 0.717) is 13.0 Å². The molecule has 1 saturated carbocycles. The smallest absolute Gasteiger partial charge is 0.323 e. The zero-order valence-electron chi connectivity index (χ0n) is 11.3. The third-order valence-electron chi connectivity index (χ3n) is 3.83. The Balaban J connectivity index is 2.32. The van der Waals surface area contributed by atoms with Gasteiger partial charge < -0.3 is 15.3 Å². The molecule has 0 amide bonds. The highest BCUT2D eigenvalue weighted by Crippen LogP contribution is 2.26. The lowest BCUT2D eigenvalue weighted by Crippen LogP contribution is -2.51. The van der Waals surface area contributed by atoms with Crippen LogP contribution >= 0.6 is 0 Å². The van der Waals surface area contributed by atoms with Gasteiger partial charge in [0.15, 0.2) is 0 Å². The lowest BCUT2D eigenvalue weighted by atomic mass is 9.85. The first kappa shape index (κ1) is 14.5. The second-order valence-electron chi connectivity index (χ2n) is 5.48. The van der Waals surface area contributed by atoms with Gasteiger partial charge in [0.25, 0.3) is 0 Å². The van der Waals surface area contributed by atoms with Crippen LogP contribution in [0.25, 0.3) is 0 Å². The van der Waals surface area contributed by atoms with E-state index in [9.17, 15) is 9.90 Å². The quantitative estimate of drug-likeness (QED) is 0.678. The van der Waals surface area contributed by atoms with Gasteiger partial charge in [-0.15, -0.1) is 0 Å². The number of aliphatic carboxylic acids is 1. The average Bonchev–Trinajstić information content (AvgIpc) is 2.21. The van der Waals surface area contributed by atoms with Crippen LogP contribution in [0.1, 0.15) is 39.5 Å². The second kappa shape index (κ2) is 6.36. The zero-order chi connectivity index (χ0) is 12.9. The van der Waals surface area contributed by atoms with Crippen molar-refractivity contribution in [2.75, 3.05) is 26.7 Å². The summed E-state index contributed by atoms with van der Waals surface area (Å²) in [6.07, 6.45) is 4.70. The Hall–Kier alpha value is -0.610. The molecule has 4 nitrogen and oxygen atoms in total. The van der Waals surface area contributed by atoms with Crippen LogP contribution < -0.4 is 5.32 Å². The summed E-state index contributed by atoms with van der Waals surface area (Å²) in [6, 6.07) is 0. The number of carbonyl (C=O) groups is 1. The maximum Gasteiger partial charge on any atom is 0.323 e. The molecule has 1 atom stereocenters. The van der Waals surface area contributed by atoms with Crippen molar-refractivity contribution in [2.24, 2.45) is 5.92 Å². The Kier molecular flexibility index (Phi) is 5.40. The van der Waals surface area contributed by atoms with Gasteiger partial charge in [-0.25, -0.2) is 0 Å². The van der Waals surface area contributed by atoms with Crippen LogP contribution in [0.5, 0.6) is 0 Å². The standard InChI is InChI=1S/C13H26N2O2/c1-4-14-13(2,12(16)17)8-9-15(3)10-11-6-5-7-11/h11,14H,4-10H2,1-3H3,(H,16,17). The van der Waals surface area contributed by atoms with E-state index in [-0.39, 0.29) is 0 Å². The van der Waals surface area contributed by atoms with Gasteiger partial charge in [0.2, 0.25) is 0 Å². The maximum atomic E-state index is 11.2. The van der Waals surface area contributed by atoms with Crippen LogP contribution in [0.2, 0.25) is 0 Å². The fourth-order valence-corrected chi connectivity index (χ4v) is 2.28. The van der Waals surface area contributed by atoms with Gasteiger partial charge in [0, 0.05) is 13.1 Å². The molecule has 0 aromatic carbocycles. The molecular formula is C13H26N2O2. The minimum Gasteiger partial charge on any atom is -0.480 e. The molecule has 1 aliphatic rings. The van der Waals surface area contributed by atoms with Crippen molar-refractivity contribution in [1.82, 2.24) is 10.2 Å².